The van der Waals surface area contributed by atoms with Gasteiger partial charge in [0.05, 0.1) is 5.56 Å². The van der Waals surface area contributed by atoms with Crippen molar-refractivity contribution in [3.8, 4) is 11.3 Å². The molecule has 3 rings (SSSR count). The highest BCUT2D eigenvalue weighted by molar-refractivity contribution is 5.92. The zero-order chi connectivity index (χ0) is 18.7. The number of hydrogen-bond acceptors (Lipinski definition) is 4. The maximum atomic E-state index is 13.1. The average molecular weight is 361 g/mol. The maximum absolute atomic E-state index is 13.1. The van der Waals surface area contributed by atoms with Crippen molar-refractivity contribution in [1.82, 2.24) is 10.5 Å². The summed E-state index contributed by atoms with van der Waals surface area (Å²) < 4.78 is 44.2. The number of benzene rings is 2. The van der Waals surface area contributed by atoms with Crippen LogP contribution in [-0.4, -0.2) is 11.1 Å². The number of alkyl halides is 3. The number of aromatic nitrogens is 1. The lowest BCUT2D eigenvalue weighted by atomic mass is 10.0. The monoisotopic (exact) mass is 361 g/mol. The van der Waals surface area contributed by atoms with Gasteiger partial charge < -0.3 is 15.6 Å². The number of carbonyl (C=O) groups excluding carboxylic acids is 1. The molecule has 0 fully saturated rings. The lowest BCUT2D eigenvalue weighted by Crippen LogP contribution is -2.22. The van der Waals surface area contributed by atoms with E-state index in [9.17, 15) is 18.0 Å². The van der Waals surface area contributed by atoms with E-state index >= 15 is 0 Å². The van der Waals surface area contributed by atoms with Gasteiger partial charge in [-0.15, -0.1) is 0 Å². The van der Waals surface area contributed by atoms with Crippen LogP contribution in [0.15, 0.2) is 59.1 Å². The molecule has 0 unspecified atom stereocenters. The molecule has 1 aromatic heterocycles. The second-order valence-electron chi connectivity index (χ2n) is 5.55. The molecule has 0 spiro atoms. The van der Waals surface area contributed by atoms with Crippen LogP contribution in [0.25, 0.3) is 11.3 Å². The van der Waals surface area contributed by atoms with Crippen LogP contribution in [0.3, 0.4) is 0 Å². The number of nitrogens with one attached hydrogen (secondary N) is 1. The second kappa shape index (κ2) is 6.91. The van der Waals surface area contributed by atoms with E-state index < -0.39 is 17.6 Å². The Morgan fingerprint density at radius 1 is 1.12 bits per heavy atom. The summed E-state index contributed by atoms with van der Waals surface area (Å²) in [4.78, 5) is 12.1. The van der Waals surface area contributed by atoms with Gasteiger partial charge in [0, 0.05) is 23.9 Å². The van der Waals surface area contributed by atoms with Crippen molar-refractivity contribution in [3.05, 3.63) is 71.5 Å². The quantitative estimate of drug-likeness (QED) is 0.691. The standard InChI is InChI=1S/C18H14F3N3O2/c19-18(20,21)14-7-2-1-6-13(14)15-9-16(26-24-15)17(25)23-10-11-4-3-5-12(22)8-11/h1-9H,10,22H2,(H,23,25). The summed E-state index contributed by atoms with van der Waals surface area (Å²) in [6.45, 7) is 0.193. The fourth-order valence-corrected chi connectivity index (χ4v) is 2.44. The minimum Gasteiger partial charge on any atom is -0.399 e. The molecule has 0 radical (unpaired) electrons. The van der Waals surface area contributed by atoms with E-state index in [1.165, 1.54) is 24.3 Å². The van der Waals surface area contributed by atoms with E-state index in [0.717, 1.165) is 11.6 Å². The highest BCUT2D eigenvalue weighted by Crippen LogP contribution is 2.36. The number of halogens is 3. The van der Waals surface area contributed by atoms with Gasteiger partial charge in [0.25, 0.3) is 5.91 Å². The Hall–Kier alpha value is -3.29. The molecule has 1 heterocycles. The highest BCUT2D eigenvalue weighted by Gasteiger charge is 2.34. The van der Waals surface area contributed by atoms with Gasteiger partial charge in [-0.2, -0.15) is 13.2 Å². The van der Waals surface area contributed by atoms with Crippen LogP contribution >= 0.6 is 0 Å². The SMILES string of the molecule is Nc1cccc(CNC(=O)c2cc(-c3ccccc3C(F)(F)F)no2)c1. The molecule has 0 atom stereocenters. The molecule has 1 amide bonds. The Bertz CT molecular complexity index is 935. The molecule has 0 saturated carbocycles. The maximum Gasteiger partial charge on any atom is 0.417 e. The molecule has 26 heavy (non-hydrogen) atoms. The third-order valence-electron chi connectivity index (χ3n) is 3.65. The van der Waals surface area contributed by atoms with Crippen molar-refractivity contribution < 1.29 is 22.5 Å². The van der Waals surface area contributed by atoms with Gasteiger partial charge in [0.2, 0.25) is 5.76 Å². The van der Waals surface area contributed by atoms with Crippen LogP contribution in [0, 0.1) is 0 Å². The number of hydrogen-bond donors (Lipinski definition) is 2. The first-order valence-electron chi connectivity index (χ1n) is 7.60. The Kier molecular flexibility index (Phi) is 4.66. The molecule has 134 valence electrons. The number of nitrogens with two attached hydrogens (primary N) is 1. The van der Waals surface area contributed by atoms with Crippen molar-refractivity contribution in [3.63, 3.8) is 0 Å². The molecule has 3 N–H and O–H groups in total. The third kappa shape index (κ3) is 3.85. The van der Waals surface area contributed by atoms with Gasteiger partial charge in [0.15, 0.2) is 0 Å². The topological polar surface area (TPSA) is 81.1 Å². The van der Waals surface area contributed by atoms with E-state index in [-0.39, 0.29) is 23.6 Å². The van der Waals surface area contributed by atoms with Crippen LogP contribution in [0.5, 0.6) is 0 Å². The van der Waals surface area contributed by atoms with E-state index in [0.29, 0.717) is 5.69 Å². The molecule has 0 aliphatic heterocycles. The van der Waals surface area contributed by atoms with Gasteiger partial charge in [0.1, 0.15) is 5.69 Å². The van der Waals surface area contributed by atoms with E-state index in [4.69, 9.17) is 10.3 Å². The molecule has 8 heteroatoms. The Labute approximate surface area is 146 Å². The lowest BCUT2D eigenvalue weighted by Gasteiger charge is -2.10. The molecule has 2 aromatic carbocycles. The molecule has 3 aromatic rings. The molecule has 0 saturated heterocycles. The van der Waals surface area contributed by atoms with Crippen molar-refractivity contribution in [2.24, 2.45) is 0 Å². The first kappa shape index (κ1) is 17.5. The molecular formula is C18H14F3N3O2. The van der Waals surface area contributed by atoms with Gasteiger partial charge in [-0.25, -0.2) is 0 Å². The Morgan fingerprint density at radius 3 is 2.62 bits per heavy atom. The molecule has 0 aliphatic rings. The predicted molar refractivity (Wildman–Crippen MR) is 89.0 cm³/mol. The summed E-state index contributed by atoms with van der Waals surface area (Å²) >= 11 is 0. The van der Waals surface area contributed by atoms with Crippen LogP contribution in [0.1, 0.15) is 21.7 Å². The van der Waals surface area contributed by atoms with Crippen LogP contribution < -0.4 is 11.1 Å². The lowest BCUT2D eigenvalue weighted by molar-refractivity contribution is -0.137. The summed E-state index contributed by atoms with van der Waals surface area (Å²) in [6, 6.07) is 13.1. The van der Waals surface area contributed by atoms with Crippen molar-refractivity contribution in [2.75, 3.05) is 5.73 Å². The smallest absolute Gasteiger partial charge is 0.399 e. The Balaban J connectivity index is 1.77. The number of nitrogens with zero attached hydrogens (tertiary/aromatic N) is 1. The molecule has 5 nitrogen and oxygen atoms in total. The minimum absolute atomic E-state index is 0.0629. The van der Waals surface area contributed by atoms with Crippen LogP contribution in [0.2, 0.25) is 0 Å². The van der Waals surface area contributed by atoms with E-state index in [2.05, 4.69) is 10.5 Å². The van der Waals surface area contributed by atoms with Gasteiger partial charge in [-0.1, -0.05) is 35.5 Å². The summed E-state index contributed by atoms with van der Waals surface area (Å²) in [5, 5.41) is 6.20. The number of rotatable bonds is 4. The summed E-state index contributed by atoms with van der Waals surface area (Å²) in [7, 11) is 0. The number of anilines is 1. The first-order chi connectivity index (χ1) is 12.3. The summed E-state index contributed by atoms with van der Waals surface area (Å²) in [6.07, 6.45) is -4.54. The minimum atomic E-state index is -4.54. The number of carbonyl (C=O) groups is 1. The average Bonchev–Trinajstić information content (AvgIpc) is 3.09. The largest absolute Gasteiger partial charge is 0.417 e. The fraction of sp³-hybridized carbons (Fsp3) is 0.111. The van der Waals surface area contributed by atoms with Crippen molar-refractivity contribution >= 4 is 11.6 Å². The van der Waals surface area contributed by atoms with Gasteiger partial charge in [-0.3, -0.25) is 4.79 Å². The third-order valence-corrected chi connectivity index (χ3v) is 3.65. The van der Waals surface area contributed by atoms with Crippen LogP contribution in [-0.2, 0) is 12.7 Å². The fourth-order valence-electron chi connectivity index (χ4n) is 2.44. The predicted octanol–water partition coefficient (Wildman–Crippen LogP) is 3.87. The van der Waals surface area contributed by atoms with Gasteiger partial charge >= 0.3 is 6.18 Å². The van der Waals surface area contributed by atoms with Crippen molar-refractivity contribution in [2.45, 2.75) is 12.7 Å². The summed E-state index contributed by atoms with van der Waals surface area (Å²) in [5.41, 5.74) is 5.93. The second-order valence-corrected chi connectivity index (χ2v) is 5.55. The first-order valence-corrected chi connectivity index (χ1v) is 7.60. The van der Waals surface area contributed by atoms with E-state index in [1.807, 2.05) is 0 Å². The van der Waals surface area contributed by atoms with Crippen molar-refractivity contribution in [1.29, 1.82) is 0 Å². The Morgan fingerprint density at radius 2 is 1.88 bits per heavy atom. The summed E-state index contributed by atoms with van der Waals surface area (Å²) in [5.74, 6) is -0.767. The zero-order valence-electron chi connectivity index (χ0n) is 13.4. The zero-order valence-corrected chi connectivity index (χ0v) is 13.4. The van der Waals surface area contributed by atoms with Gasteiger partial charge in [-0.05, 0) is 23.8 Å². The van der Waals surface area contributed by atoms with E-state index in [1.54, 1.807) is 24.3 Å². The number of nitrogen functional groups attached to an aromatic ring is 1. The molecule has 0 aliphatic carbocycles. The molecule has 0 bridgehead atoms. The highest BCUT2D eigenvalue weighted by atomic mass is 19.4. The molecular weight excluding hydrogens is 347 g/mol. The normalized spacial score (nSPS) is 11.3. The number of amides is 1. The van der Waals surface area contributed by atoms with Crippen LogP contribution in [0.4, 0.5) is 18.9 Å².